The van der Waals surface area contributed by atoms with Gasteiger partial charge in [0.05, 0.1) is 17.0 Å². The van der Waals surface area contributed by atoms with Crippen molar-refractivity contribution in [2.45, 2.75) is 32.1 Å². The molecule has 0 atom stereocenters. The summed E-state index contributed by atoms with van der Waals surface area (Å²) in [6, 6.07) is 13.4. The number of carbonyl (C=O) groups is 1. The van der Waals surface area contributed by atoms with E-state index in [4.69, 9.17) is 0 Å². The first-order chi connectivity index (χ1) is 15.2. The molecular weight excluding hydrogens is 442 g/mol. The monoisotopic (exact) mass is 469 g/mol. The Balaban J connectivity index is 1.37. The maximum atomic E-state index is 13.0. The van der Waals surface area contributed by atoms with Gasteiger partial charge in [0, 0.05) is 37.1 Å². The van der Waals surface area contributed by atoms with Gasteiger partial charge < -0.3 is 4.90 Å². The molecule has 2 aromatic carbocycles. The lowest BCUT2D eigenvalue weighted by molar-refractivity contribution is -0.131. The highest BCUT2D eigenvalue weighted by Gasteiger charge is 2.30. The summed E-state index contributed by atoms with van der Waals surface area (Å²) >= 11 is 1.53. The molecule has 0 unspecified atom stereocenters. The Kier molecular flexibility index (Phi) is 6.46. The van der Waals surface area contributed by atoms with Crippen LogP contribution < -0.4 is 0 Å². The third-order valence-electron chi connectivity index (χ3n) is 5.86. The summed E-state index contributed by atoms with van der Waals surface area (Å²) in [4.78, 5) is 19.5. The number of aryl methyl sites for hydroxylation is 3. The van der Waals surface area contributed by atoms with E-state index in [9.17, 15) is 13.2 Å². The normalized spacial score (nSPS) is 15.2. The van der Waals surface area contributed by atoms with Crippen molar-refractivity contribution in [3.05, 3.63) is 70.2 Å². The molecule has 1 saturated heterocycles. The van der Waals surface area contributed by atoms with Crippen LogP contribution in [0.25, 0.3) is 10.6 Å². The highest BCUT2D eigenvalue weighted by molar-refractivity contribution is 7.89. The van der Waals surface area contributed by atoms with Crippen molar-refractivity contribution in [2.75, 3.05) is 26.2 Å². The van der Waals surface area contributed by atoms with Gasteiger partial charge in [-0.15, -0.1) is 11.3 Å². The Morgan fingerprint density at radius 3 is 2.44 bits per heavy atom. The molecule has 6 nitrogen and oxygen atoms in total. The Morgan fingerprint density at radius 1 is 1.00 bits per heavy atom. The maximum Gasteiger partial charge on any atom is 0.243 e. The van der Waals surface area contributed by atoms with E-state index in [1.807, 2.05) is 50.4 Å². The van der Waals surface area contributed by atoms with Crippen LogP contribution in [0.5, 0.6) is 0 Å². The fourth-order valence-corrected chi connectivity index (χ4v) is 6.09. The number of rotatable bonds is 5. The topological polar surface area (TPSA) is 70.6 Å². The summed E-state index contributed by atoms with van der Waals surface area (Å²) in [5.74, 6) is -0.0191. The lowest BCUT2D eigenvalue weighted by Crippen LogP contribution is -2.50. The number of aromatic nitrogens is 1. The molecule has 1 fully saturated rings. The summed E-state index contributed by atoms with van der Waals surface area (Å²) in [7, 11) is -3.56. The first kappa shape index (κ1) is 22.6. The quantitative estimate of drug-likeness (QED) is 0.570. The van der Waals surface area contributed by atoms with E-state index in [0.717, 1.165) is 27.4 Å². The predicted octanol–water partition coefficient (Wildman–Crippen LogP) is 3.81. The first-order valence-corrected chi connectivity index (χ1v) is 12.9. The number of piperazine rings is 1. The molecule has 2 heterocycles. The van der Waals surface area contributed by atoms with Crippen LogP contribution in [0.2, 0.25) is 0 Å². The molecule has 1 aromatic heterocycles. The fraction of sp³-hybridized carbons (Fsp3) is 0.333. The molecule has 0 aliphatic carbocycles. The van der Waals surface area contributed by atoms with Gasteiger partial charge in [0.1, 0.15) is 5.01 Å². The van der Waals surface area contributed by atoms with Crippen LogP contribution in [-0.2, 0) is 21.2 Å². The molecule has 1 amide bonds. The van der Waals surface area contributed by atoms with Crippen molar-refractivity contribution in [1.82, 2.24) is 14.2 Å². The number of thiazole rings is 1. The molecule has 168 valence electrons. The highest BCUT2D eigenvalue weighted by atomic mass is 32.2. The standard InChI is InChI=1S/C24H27N3O3S2/c1-17-5-4-6-20(13-17)24-25-21(16-31-24)15-23(28)26-9-11-27(12-10-26)32(29,30)22-8-7-18(2)19(3)14-22/h4-8,13-14,16H,9-12,15H2,1-3H3. The third kappa shape index (κ3) is 4.77. The van der Waals surface area contributed by atoms with E-state index in [1.165, 1.54) is 21.2 Å². The third-order valence-corrected chi connectivity index (χ3v) is 8.69. The van der Waals surface area contributed by atoms with Crippen molar-refractivity contribution in [1.29, 1.82) is 0 Å². The Labute approximate surface area is 193 Å². The summed E-state index contributed by atoms with van der Waals surface area (Å²) in [6.45, 7) is 7.28. The van der Waals surface area contributed by atoms with E-state index >= 15 is 0 Å². The van der Waals surface area contributed by atoms with Crippen molar-refractivity contribution in [2.24, 2.45) is 0 Å². The van der Waals surface area contributed by atoms with Gasteiger partial charge in [-0.2, -0.15) is 4.31 Å². The van der Waals surface area contributed by atoms with Gasteiger partial charge in [-0.25, -0.2) is 13.4 Å². The van der Waals surface area contributed by atoms with Gasteiger partial charge in [-0.3, -0.25) is 4.79 Å². The fourth-order valence-electron chi connectivity index (χ4n) is 3.77. The molecule has 0 spiro atoms. The molecule has 0 saturated carbocycles. The second-order valence-electron chi connectivity index (χ2n) is 8.22. The van der Waals surface area contributed by atoms with Gasteiger partial charge in [0.2, 0.25) is 15.9 Å². The molecule has 3 aromatic rings. The molecule has 0 radical (unpaired) electrons. The number of hydrogen-bond donors (Lipinski definition) is 0. The minimum Gasteiger partial charge on any atom is -0.340 e. The second kappa shape index (κ2) is 9.13. The molecule has 0 bridgehead atoms. The summed E-state index contributed by atoms with van der Waals surface area (Å²) in [6.07, 6.45) is 0.228. The van der Waals surface area contributed by atoms with Gasteiger partial charge in [-0.05, 0) is 50.1 Å². The minimum atomic E-state index is -3.56. The van der Waals surface area contributed by atoms with Crippen LogP contribution in [0.4, 0.5) is 0 Å². The van der Waals surface area contributed by atoms with E-state index < -0.39 is 10.0 Å². The van der Waals surface area contributed by atoms with Crippen molar-refractivity contribution < 1.29 is 13.2 Å². The van der Waals surface area contributed by atoms with Gasteiger partial charge in [-0.1, -0.05) is 29.8 Å². The number of nitrogens with zero attached hydrogens (tertiary/aromatic N) is 3. The molecule has 4 rings (SSSR count). The zero-order valence-corrected chi connectivity index (χ0v) is 20.2. The Bertz CT molecular complexity index is 1240. The van der Waals surface area contributed by atoms with Crippen LogP contribution >= 0.6 is 11.3 Å². The van der Waals surface area contributed by atoms with Crippen molar-refractivity contribution >= 4 is 27.3 Å². The molecule has 8 heteroatoms. The summed E-state index contributed by atoms with van der Waals surface area (Å²) < 4.78 is 27.5. The number of amides is 1. The first-order valence-electron chi connectivity index (χ1n) is 10.6. The lowest BCUT2D eigenvalue weighted by atomic mass is 10.1. The molecule has 32 heavy (non-hydrogen) atoms. The average molecular weight is 470 g/mol. The molecule has 1 aliphatic rings. The Morgan fingerprint density at radius 2 is 1.75 bits per heavy atom. The second-order valence-corrected chi connectivity index (χ2v) is 11.0. The number of benzene rings is 2. The SMILES string of the molecule is Cc1cccc(-c2nc(CC(=O)N3CCN(S(=O)(=O)c4ccc(C)c(C)c4)CC3)cs2)c1. The summed E-state index contributed by atoms with van der Waals surface area (Å²) in [5, 5.41) is 2.83. The zero-order chi connectivity index (χ0) is 22.9. The average Bonchev–Trinajstić information content (AvgIpc) is 3.24. The van der Waals surface area contributed by atoms with E-state index in [-0.39, 0.29) is 12.3 Å². The number of carbonyl (C=O) groups excluding carboxylic acids is 1. The number of sulfonamides is 1. The van der Waals surface area contributed by atoms with Crippen LogP contribution in [0.15, 0.2) is 52.7 Å². The predicted molar refractivity (Wildman–Crippen MR) is 127 cm³/mol. The maximum absolute atomic E-state index is 13.0. The van der Waals surface area contributed by atoms with Crippen LogP contribution in [0, 0.1) is 20.8 Å². The van der Waals surface area contributed by atoms with Crippen molar-refractivity contribution in [3.8, 4) is 10.6 Å². The van der Waals surface area contributed by atoms with Crippen LogP contribution in [0.1, 0.15) is 22.4 Å². The van der Waals surface area contributed by atoms with Gasteiger partial charge in [0.15, 0.2) is 0 Å². The van der Waals surface area contributed by atoms with Gasteiger partial charge in [0.25, 0.3) is 0 Å². The largest absolute Gasteiger partial charge is 0.340 e. The van der Waals surface area contributed by atoms with Crippen LogP contribution in [0.3, 0.4) is 0 Å². The molecular formula is C24H27N3O3S2. The Hall–Kier alpha value is -2.55. The van der Waals surface area contributed by atoms with E-state index in [0.29, 0.717) is 31.1 Å². The highest BCUT2D eigenvalue weighted by Crippen LogP contribution is 2.25. The van der Waals surface area contributed by atoms with E-state index in [2.05, 4.69) is 11.1 Å². The van der Waals surface area contributed by atoms with E-state index in [1.54, 1.807) is 17.0 Å². The van der Waals surface area contributed by atoms with Crippen LogP contribution in [-0.4, -0.2) is 54.7 Å². The number of hydrogen-bond acceptors (Lipinski definition) is 5. The van der Waals surface area contributed by atoms with Gasteiger partial charge >= 0.3 is 0 Å². The smallest absolute Gasteiger partial charge is 0.243 e. The minimum absolute atomic E-state index is 0.0191. The molecule has 1 aliphatic heterocycles. The lowest BCUT2D eigenvalue weighted by Gasteiger charge is -2.34. The molecule has 0 N–H and O–H groups in total. The summed E-state index contributed by atoms with van der Waals surface area (Å²) in [5.41, 5.74) is 4.99. The van der Waals surface area contributed by atoms with Crippen molar-refractivity contribution in [3.63, 3.8) is 0 Å². The zero-order valence-electron chi connectivity index (χ0n) is 18.5.